The van der Waals surface area contributed by atoms with E-state index in [9.17, 15) is 0 Å². The highest BCUT2D eigenvalue weighted by molar-refractivity contribution is 5.01. The Morgan fingerprint density at radius 2 is 2.11 bits per heavy atom. The van der Waals surface area contributed by atoms with Gasteiger partial charge < -0.3 is 9.84 Å². The minimum atomic E-state index is -0.0463. The van der Waals surface area contributed by atoms with Gasteiger partial charge in [0, 0.05) is 0 Å². The average molecular weight is 128 g/mol. The zero-order valence-electron chi connectivity index (χ0n) is 5.58. The summed E-state index contributed by atoms with van der Waals surface area (Å²) < 4.78 is 5.30. The molecule has 1 N–H and O–H groups in total. The molecule has 0 fully saturated rings. The van der Waals surface area contributed by atoms with Gasteiger partial charge in [0.1, 0.15) is 0 Å². The molecule has 0 spiro atoms. The molecule has 1 unspecified atom stereocenters. The summed E-state index contributed by atoms with van der Waals surface area (Å²) >= 11 is 0. The maximum absolute atomic E-state index is 8.60. The van der Waals surface area contributed by atoms with Crippen molar-refractivity contribution in [1.82, 2.24) is 0 Å². The molecule has 0 bridgehead atoms. The Labute approximate surface area is 55.1 Å². The first kappa shape index (κ1) is 6.78. The predicted molar refractivity (Wildman–Crippen MR) is 35.2 cm³/mol. The minimum Gasteiger partial charge on any atom is -0.393 e. The summed E-state index contributed by atoms with van der Waals surface area (Å²) in [5.74, 6) is 0. The van der Waals surface area contributed by atoms with E-state index in [1.807, 2.05) is 12.2 Å². The maximum Gasteiger partial charge on any atom is 0.0995 e. The Kier molecular flexibility index (Phi) is 2.25. The molecular weight excluding hydrogens is 116 g/mol. The van der Waals surface area contributed by atoms with E-state index in [-0.39, 0.29) is 18.8 Å². The number of aliphatic hydroxyl groups excluding tert-OH is 1. The van der Waals surface area contributed by atoms with Crippen molar-refractivity contribution in [2.24, 2.45) is 0 Å². The highest BCUT2D eigenvalue weighted by Gasteiger charge is 2.15. The summed E-state index contributed by atoms with van der Waals surface area (Å²) in [4.78, 5) is 0. The second-order valence-corrected chi connectivity index (χ2v) is 2.19. The van der Waals surface area contributed by atoms with Gasteiger partial charge >= 0.3 is 0 Å². The molecule has 9 heavy (non-hydrogen) atoms. The Hall–Kier alpha value is -0.340. The van der Waals surface area contributed by atoms with Crippen molar-refractivity contribution in [3.05, 3.63) is 12.2 Å². The van der Waals surface area contributed by atoms with Crippen LogP contribution in [0.2, 0.25) is 0 Å². The minimum absolute atomic E-state index is 0.0463. The molecule has 0 saturated carbocycles. The van der Waals surface area contributed by atoms with E-state index in [0.717, 1.165) is 6.42 Å². The summed E-state index contributed by atoms with van der Waals surface area (Å²) in [5, 5.41) is 8.60. The summed E-state index contributed by atoms with van der Waals surface area (Å²) in [7, 11) is 0. The van der Waals surface area contributed by atoms with Crippen LogP contribution in [0.4, 0.5) is 0 Å². The summed E-state index contributed by atoms with van der Waals surface area (Å²) in [6, 6.07) is 0. The number of rotatable bonds is 2. The van der Waals surface area contributed by atoms with Gasteiger partial charge in [-0.25, -0.2) is 0 Å². The first-order valence-electron chi connectivity index (χ1n) is 3.31. The van der Waals surface area contributed by atoms with Crippen LogP contribution < -0.4 is 0 Å². The van der Waals surface area contributed by atoms with Crippen LogP contribution in [-0.4, -0.2) is 23.9 Å². The van der Waals surface area contributed by atoms with E-state index in [1.54, 1.807) is 0 Å². The lowest BCUT2D eigenvalue weighted by Gasteiger charge is -2.08. The molecule has 0 radical (unpaired) electrons. The largest absolute Gasteiger partial charge is 0.393 e. The van der Waals surface area contributed by atoms with E-state index in [4.69, 9.17) is 9.84 Å². The van der Waals surface area contributed by atoms with Crippen LogP contribution >= 0.6 is 0 Å². The van der Waals surface area contributed by atoms with Crippen molar-refractivity contribution >= 4 is 0 Å². The Balaban J connectivity index is 2.31. The van der Waals surface area contributed by atoms with Crippen molar-refractivity contribution in [1.29, 1.82) is 0 Å². The van der Waals surface area contributed by atoms with Gasteiger partial charge in [0.25, 0.3) is 0 Å². The quantitative estimate of drug-likeness (QED) is 0.555. The molecule has 1 aliphatic rings. The average Bonchev–Trinajstić information content (AvgIpc) is 2.34. The van der Waals surface area contributed by atoms with Crippen LogP contribution in [0.25, 0.3) is 0 Å². The number of hydrogen-bond acceptors (Lipinski definition) is 2. The second kappa shape index (κ2) is 2.99. The normalized spacial score (nSPS) is 33.6. The van der Waals surface area contributed by atoms with Gasteiger partial charge in [-0.3, -0.25) is 0 Å². The molecular formula is C7H12O2. The highest BCUT2D eigenvalue weighted by Crippen LogP contribution is 2.12. The number of aliphatic hydroxyl groups is 1. The standard InChI is InChI=1S/C7H12O2/c1-2-6-3-4-7(5-8)9-6/h3-4,6-8H,2,5H2,1H3/t6?,7-/m0/s1. The Morgan fingerprint density at radius 3 is 2.44 bits per heavy atom. The van der Waals surface area contributed by atoms with E-state index in [0.29, 0.717) is 0 Å². The van der Waals surface area contributed by atoms with Gasteiger partial charge in [-0.1, -0.05) is 19.1 Å². The molecule has 0 amide bonds. The lowest BCUT2D eigenvalue weighted by molar-refractivity contribution is 0.0245. The smallest absolute Gasteiger partial charge is 0.0995 e. The Morgan fingerprint density at radius 1 is 1.44 bits per heavy atom. The zero-order chi connectivity index (χ0) is 6.69. The summed E-state index contributed by atoms with van der Waals surface area (Å²) in [6.45, 7) is 2.17. The molecule has 52 valence electrons. The molecule has 0 aromatic carbocycles. The van der Waals surface area contributed by atoms with Gasteiger partial charge in [-0.2, -0.15) is 0 Å². The van der Waals surface area contributed by atoms with Crippen molar-refractivity contribution in [2.45, 2.75) is 25.6 Å². The zero-order valence-corrected chi connectivity index (χ0v) is 5.58. The molecule has 1 rings (SSSR count). The molecule has 1 aliphatic heterocycles. The molecule has 2 nitrogen and oxygen atoms in total. The fourth-order valence-corrected chi connectivity index (χ4v) is 0.899. The second-order valence-electron chi connectivity index (χ2n) is 2.19. The third kappa shape index (κ3) is 1.53. The van der Waals surface area contributed by atoms with E-state index >= 15 is 0 Å². The first-order valence-corrected chi connectivity index (χ1v) is 3.31. The van der Waals surface area contributed by atoms with Gasteiger partial charge in [-0.05, 0) is 6.42 Å². The third-order valence-electron chi connectivity index (χ3n) is 1.47. The van der Waals surface area contributed by atoms with Crippen LogP contribution in [0.3, 0.4) is 0 Å². The van der Waals surface area contributed by atoms with Crippen LogP contribution in [0, 0.1) is 0 Å². The SMILES string of the molecule is CCC1C=C[C@@H](CO)O1. The fraction of sp³-hybridized carbons (Fsp3) is 0.714. The Bertz CT molecular complexity index is 97.5. The monoisotopic (exact) mass is 128 g/mol. The topological polar surface area (TPSA) is 29.5 Å². The molecule has 0 saturated heterocycles. The number of ether oxygens (including phenoxy) is 1. The highest BCUT2D eigenvalue weighted by atomic mass is 16.5. The molecule has 2 heteroatoms. The molecule has 0 aromatic rings. The van der Waals surface area contributed by atoms with Crippen LogP contribution in [0.15, 0.2) is 12.2 Å². The maximum atomic E-state index is 8.60. The van der Waals surface area contributed by atoms with Crippen molar-refractivity contribution in [3.8, 4) is 0 Å². The molecule has 2 atom stereocenters. The van der Waals surface area contributed by atoms with E-state index in [2.05, 4.69) is 6.92 Å². The lowest BCUT2D eigenvalue weighted by Crippen LogP contribution is -2.14. The fourth-order valence-electron chi connectivity index (χ4n) is 0.899. The lowest BCUT2D eigenvalue weighted by atomic mass is 10.3. The number of hydrogen-bond donors (Lipinski definition) is 1. The molecule has 1 heterocycles. The van der Waals surface area contributed by atoms with Crippen LogP contribution in [-0.2, 0) is 4.74 Å². The molecule has 0 aromatic heterocycles. The summed E-state index contributed by atoms with van der Waals surface area (Å²) in [6.07, 6.45) is 5.10. The van der Waals surface area contributed by atoms with E-state index in [1.165, 1.54) is 0 Å². The van der Waals surface area contributed by atoms with Crippen LogP contribution in [0.5, 0.6) is 0 Å². The molecule has 0 aliphatic carbocycles. The predicted octanol–water partition coefficient (Wildman–Crippen LogP) is 0.712. The first-order chi connectivity index (χ1) is 4.36. The van der Waals surface area contributed by atoms with Gasteiger partial charge in [-0.15, -0.1) is 0 Å². The van der Waals surface area contributed by atoms with Crippen molar-refractivity contribution in [2.75, 3.05) is 6.61 Å². The van der Waals surface area contributed by atoms with Crippen LogP contribution in [0.1, 0.15) is 13.3 Å². The third-order valence-corrected chi connectivity index (χ3v) is 1.47. The van der Waals surface area contributed by atoms with Gasteiger partial charge in [0.05, 0.1) is 18.8 Å². The van der Waals surface area contributed by atoms with E-state index < -0.39 is 0 Å². The van der Waals surface area contributed by atoms with Crippen molar-refractivity contribution in [3.63, 3.8) is 0 Å². The van der Waals surface area contributed by atoms with Gasteiger partial charge in [0.2, 0.25) is 0 Å². The summed E-state index contributed by atoms with van der Waals surface area (Å²) in [5.41, 5.74) is 0. The van der Waals surface area contributed by atoms with Gasteiger partial charge in [0.15, 0.2) is 0 Å². The van der Waals surface area contributed by atoms with Crippen molar-refractivity contribution < 1.29 is 9.84 Å².